The Balaban J connectivity index is 4.78. The van der Waals surface area contributed by atoms with Crippen molar-refractivity contribution in [1.82, 2.24) is 0 Å². The van der Waals surface area contributed by atoms with Crippen molar-refractivity contribution in [2.24, 2.45) is 0 Å². The lowest BCUT2D eigenvalue weighted by molar-refractivity contribution is -0.161. The van der Waals surface area contributed by atoms with Crippen molar-refractivity contribution in [3.8, 4) is 0 Å². The van der Waals surface area contributed by atoms with Crippen LogP contribution in [0.25, 0.3) is 0 Å². The molecule has 0 saturated carbocycles. The number of carbonyl (C=O) groups is 3. The summed E-state index contributed by atoms with van der Waals surface area (Å²) in [7, 11) is -4.75. The summed E-state index contributed by atoms with van der Waals surface area (Å²) in [5.74, 6) is -1.51. The predicted molar refractivity (Wildman–Crippen MR) is 279 cm³/mol. The number of phosphoric ester groups is 1. The van der Waals surface area contributed by atoms with Gasteiger partial charge in [-0.2, -0.15) is 0 Å². The third-order valence-electron chi connectivity index (χ3n) is 11.1. The molecule has 0 aliphatic carbocycles. The number of phosphoric acid groups is 1. The summed E-state index contributed by atoms with van der Waals surface area (Å²) in [5.41, 5.74) is 0. The van der Waals surface area contributed by atoms with Crippen LogP contribution in [-0.2, 0) is 42.2 Å². The van der Waals surface area contributed by atoms with Crippen LogP contribution >= 0.6 is 7.82 Å². The van der Waals surface area contributed by atoms with Gasteiger partial charge in [0.15, 0.2) is 6.10 Å². The second kappa shape index (κ2) is 50.3. The summed E-state index contributed by atoms with van der Waals surface area (Å²) < 4.78 is 39.4. The highest BCUT2D eigenvalue weighted by Crippen LogP contribution is 2.43. The average molecular weight is 977 g/mol. The van der Waals surface area contributed by atoms with E-state index in [1.54, 1.807) is 0 Å². The van der Waals surface area contributed by atoms with E-state index in [-0.39, 0.29) is 25.9 Å². The molecule has 392 valence electrons. The zero-order chi connectivity index (χ0) is 49.9. The van der Waals surface area contributed by atoms with Crippen molar-refractivity contribution in [2.45, 2.75) is 238 Å². The molecule has 0 bridgehead atoms. The van der Waals surface area contributed by atoms with E-state index in [9.17, 15) is 28.9 Å². The van der Waals surface area contributed by atoms with Crippen LogP contribution in [-0.4, -0.2) is 66.5 Å². The molecule has 12 heteroatoms. The molecular weight excluding hydrogens is 880 g/mol. The molecule has 3 atom stereocenters. The van der Waals surface area contributed by atoms with Gasteiger partial charge < -0.3 is 24.2 Å². The number of hydrogen-bond donors (Lipinski definition) is 2. The summed E-state index contributed by atoms with van der Waals surface area (Å²) in [6.07, 6.45) is 54.3. The largest absolute Gasteiger partial charge is 0.472 e. The maximum absolute atomic E-state index is 12.9. The number of esters is 3. The molecule has 2 N–H and O–H groups in total. The Labute approximate surface area is 414 Å². The first-order chi connectivity index (χ1) is 33.2. The summed E-state index contributed by atoms with van der Waals surface area (Å²) >= 11 is 0. The topological polar surface area (TPSA) is 155 Å². The minimum atomic E-state index is -4.75. The van der Waals surface area contributed by atoms with Gasteiger partial charge in [-0.25, -0.2) is 4.57 Å². The lowest BCUT2D eigenvalue weighted by Crippen LogP contribution is -2.30. The third kappa shape index (κ3) is 48.0. The maximum atomic E-state index is 12.9. The molecule has 0 rings (SSSR count). The molecule has 0 saturated heterocycles. The Morgan fingerprint density at radius 2 is 0.794 bits per heavy atom. The fourth-order valence-electron chi connectivity index (χ4n) is 6.99. The number of unbranched alkanes of at least 4 members (excludes halogenated alkanes) is 20. The van der Waals surface area contributed by atoms with Gasteiger partial charge in [-0.05, 0) is 103 Å². The molecule has 11 nitrogen and oxygen atoms in total. The van der Waals surface area contributed by atoms with Crippen molar-refractivity contribution < 1.29 is 52.2 Å². The highest BCUT2D eigenvalue weighted by molar-refractivity contribution is 7.47. The van der Waals surface area contributed by atoms with E-state index in [4.69, 9.17) is 23.3 Å². The van der Waals surface area contributed by atoms with Crippen LogP contribution in [0.1, 0.15) is 226 Å². The summed E-state index contributed by atoms with van der Waals surface area (Å²) in [6, 6.07) is 0. The third-order valence-corrected chi connectivity index (χ3v) is 12.0. The molecule has 0 aliphatic heterocycles. The van der Waals surface area contributed by atoms with Crippen molar-refractivity contribution in [2.75, 3.05) is 26.4 Å². The van der Waals surface area contributed by atoms with Crippen LogP contribution in [0.15, 0.2) is 72.9 Å². The molecule has 0 heterocycles. The van der Waals surface area contributed by atoms with Crippen LogP contribution in [0.3, 0.4) is 0 Å². The van der Waals surface area contributed by atoms with Crippen molar-refractivity contribution in [3.63, 3.8) is 0 Å². The quantitative estimate of drug-likeness (QED) is 0.0197. The average Bonchev–Trinajstić information content (AvgIpc) is 3.32. The Morgan fingerprint density at radius 1 is 0.426 bits per heavy atom. The van der Waals surface area contributed by atoms with Gasteiger partial charge in [-0.1, -0.05) is 177 Å². The van der Waals surface area contributed by atoms with Gasteiger partial charge in [-0.3, -0.25) is 23.4 Å². The van der Waals surface area contributed by atoms with Crippen LogP contribution < -0.4 is 0 Å². The minimum absolute atomic E-state index is 0.144. The van der Waals surface area contributed by atoms with E-state index in [0.29, 0.717) is 19.3 Å². The molecule has 0 aromatic carbocycles. The Morgan fingerprint density at radius 3 is 1.25 bits per heavy atom. The van der Waals surface area contributed by atoms with E-state index in [1.807, 2.05) is 0 Å². The number of rotatable bonds is 49. The van der Waals surface area contributed by atoms with Crippen LogP contribution in [0.5, 0.6) is 0 Å². The molecule has 0 radical (unpaired) electrons. The molecular formula is C56H97O11P. The number of hydrogen-bond acceptors (Lipinski definition) is 10. The summed E-state index contributed by atoms with van der Waals surface area (Å²) in [4.78, 5) is 48.4. The van der Waals surface area contributed by atoms with Crippen molar-refractivity contribution >= 4 is 25.7 Å². The van der Waals surface area contributed by atoms with E-state index in [1.165, 1.54) is 25.7 Å². The maximum Gasteiger partial charge on any atom is 0.472 e. The van der Waals surface area contributed by atoms with Gasteiger partial charge in [0.1, 0.15) is 12.7 Å². The monoisotopic (exact) mass is 977 g/mol. The van der Waals surface area contributed by atoms with Gasteiger partial charge in [0.25, 0.3) is 0 Å². The lowest BCUT2D eigenvalue weighted by Gasteiger charge is -2.21. The van der Waals surface area contributed by atoms with Crippen molar-refractivity contribution in [3.05, 3.63) is 72.9 Å². The lowest BCUT2D eigenvalue weighted by atomic mass is 10.1. The number of aliphatic hydroxyl groups is 1. The van der Waals surface area contributed by atoms with E-state index < -0.39 is 57.8 Å². The fraction of sp³-hybridized carbons (Fsp3) is 0.732. The second-order valence-corrected chi connectivity index (χ2v) is 19.1. The molecule has 0 spiro atoms. The first-order valence-corrected chi connectivity index (χ1v) is 28.3. The fourth-order valence-corrected chi connectivity index (χ4v) is 7.77. The normalized spacial score (nSPS) is 14.0. The van der Waals surface area contributed by atoms with Gasteiger partial charge in [0, 0.05) is 19.3 Å². The molecule has 3 unspecified atom stereocenters. The second-order valence-electron chi connectivity index (χ2n) is 17.7. The number of allylic oxidation sites excluding steroid dienone is 12. The number of carbonyl (C=O) groups excluding carboxylic acids is 3. The van der Waals surface area contributed by atoms with E-state index in [0.717, 1.165) is 141 Å². The Hall–Kier alpha value is -3.08. The standard InChI is InChI=1S/C56H97O11P/c1-4-7-10-13-16-19-22-25-26-29-32-35-38-41-44-47-56(60)67-53(49-63-54(58)45-42-39-36-33-30-27-23-20-17-14-11-8-5-2)51-65-68(61,62)64-50-52(48-57)66-55(59)46-43-40-37-34-31-28-24-21-18-15-12-9-6-3/h7,10,12,15-16,19-21,23-26,52-53,57H,4-6,8-9,11,13-14,17-18,22,27-51H2,1-3H3,(H,61,62)/b10-7-,15-12-,19-16-,23-20-,24-21-,26-25-. The summed E-state index contributed by atoms with van der Waals surface area (Å²) in [5, 5.41) is 9.78. The Bertz CT molecular complexity index is 1420. The first-order valence-electron chi connectivity index (χ1n) is 26.8. The van der Waals surface area contributed by atoms with Gasteiger partial charge in [-0.15, -0.1) is 0 Å². The SMILES string of the molecule is CC/C=C\C/C=C\C/C=C\CCCCCCCC(=O)OC(COC(=O)CCCCCCC/C=C\CCCCCC)COP(=O)(O)OCC(CO)OC(=O)CCCCCCC/C=C\C/C=C\CCC. The highest BCUT2D eigenvalue weighted by atomic mass is 31.2. The van der Waals surface area contributed by atoms with Crippen molar-refractivity contribution in [1.29, 1.82) is 0 Å². The molecule has 0 fully saturated rings. The molecule has 0 aliphatic rings. The van der Waals surface area contributed by atoms with E-state index >= 15 is 0 Å². The minimum Gasteiger partial charge on any atom is -0.462 e. The molecule has 68 heavy (non-hydrogen) atoms. The molecule has 0 aromatic heterocycles. The zero-order valence-electron chi connectivity index (χ0n) is 43.1. The number of aliphatic hydroxyl groups excluding tert-OH is 1. The smallest absolute Gasteiger partial charge is 0.462 e. The van der Waals surface area contributed by atoms with Crippen LogP contribution in [0.2, 0.25) is 0 Å². The van der Waals surface area contributed by atoms with Crippen LogP contribution in [0, 0.1) is 0 Å². The predicted octanol–water partition coefficient (Wildman–Crippen LogP) is 15.4. The molecule has 0 amide bonds. The first kappa shape index (κ1) is 64.9. The Kier molecular flexibility index (Phi) is 48.0. The van der Waals surface area contributed by atoms with Gasteiger partial charge in [0.05, 0.1) is 19.8 Å². The van der Waals surface area contributed by atoms with Crippen LogP contribution in [0.4, 0.5) is 0 Å². The summed E-state index contributed by atoms with van der Waals surface area (Å²) in [6.45, 7) is 4.40. The zero-order valence-corrected chi connectivity index (χ0v) is 43.9. The number of ether oxygens (including phenoxy) is 3. The van der Waals surface area contributed by atoms with E-state index in [2.05, 4.69) is 93.7 Å². The highest BCUT2D eigenvalue weighted by Gasteiger charge is 2.28. The molecule has 0 aromatic rings. The van der Waals surface area contributed by atoms with Gasteiger partial charge >= 0.3 is 25.7 Å². The van der Waals surface area contributed by atoms with Gasteiger partial charge in [0.2, 0.25) is 0 Å².